The molecule has 1 aromatic heterocycles. The predicted octanol–water partition coefficient (Wildman–Crippen LogP) is 1.95. The Morgan fingerprint density at radius 3 is 3.00 bits per heavy atom. The molecule has 1 fully saturated rings. The Balaban J connectivity index is 1.95. The average molecular weight is 250 g/mol. The highest BCUT2D eigenvalue weighted by atomic mass is 16.5. The summed E-state index contributed by atoms with van der Waals surface area (Å²) < 4.78 is 5.47. The van der Waals surface area contributed by atoms with Crippen LogP contribution >= 0.6 is 0 Å². The smallest absolute Gasteiger partial charge is 0.234 e. The summed E-state index contributed by atoms with van der Waals surface area (Å²) in [5, 5.41) is 3.37. The van der Waals surface area contributed by atoms with Crippen molar-refractivity contribution in [3.63, 3.8) is 0 Å². The van der Waals surface area contributed by atoms with E-state index in [2.05, 4.69) is 22.2 Å². The molecule has 1 aromatic rings. The van der Waals surface area contributed by atoms with Gasteiger partial charge in [-0.15, -0.1) is 0 Å². The van der Waals surface area contributed by atoms with E-state index in [4.69, 9.17) is 10.5 Å². The van der Waals surface area contributed by atoms with Crippen LogP contribution in [-0.4, -0.2) is 28.7 Å². The maximum Gasteiger partial charge on any atom is 0.234 e. The number of nitrogens with zero attached hydrogens (tertiary/aromatic N) is 2. The van der Waals surface area contributed by atoms with Crippen molar-refractivity contribution in [2.75, 3.05) is 11.9 Å². The van der Waals surface area contributed by atoms with Crippen molar-refractivity contribution in [3.8, 4) is 5.88 Å². The van der Waals surface area contributed by atoms with E-state index >= 15 is 0 Å². The van der Waals surface area contributed by atoms with Crippen molar-refractivity contribution in [2.45, 2.75) is 51.1 Å². The summed E-state index contributed by atoms with van der Waals surface area (Å²) >= 11 is 0. The van der Waals surface area contributed by atoms with Crippen LogP contribution < -0.4 is 15.8 Å². The fourth-order valence-corrected chi connectivity index (χ4v) is 2.22. The molecule has 18 heavy (non-hydrogen) atoms. The number of aromatic nitrogens is 2. The standard InChI is InChI=1S/C13H22N4O/c1-2-7-18-13-9-15-8-12(17-13)16-11-6-4-3-5-10(11)14/h8-11H,2-7,14H2,1H3,(H,16,17). The van der Waals surface area contributed by atoms with E-state index in [0.29, 0.717) is 18.5 Å². The van der Waals surface area contributed by atoms with Crippen LogP contribution in [0.5, 0.6) is 5.88 Å². The molecule has 3 N–H and O–H groups in total. The fourth-order valence-electron chi connectivity index (χ4n) is 2.22. The Kier molecular flexibility index (Phi) is 4.75. The van der Waals surface area contributed by atoms with Crippen molar-refractivity contribution in [3.05, 3.63) is 12.4 Å². The van der Waals surface area contributed by atoms with Crippen molar-refractivity contribution < 1.29 is 4.74 Å². The van der Waals surface area contributed by atoms with Gasteiger partial charge in [-0.1, -0.05) is 19.8 Å². The average Bonchev–Trinajstić information content (AvgIpc) is 2.40. The largest absolute Gasteiger partial charge is 0.477 e. The Labute approximate surface area is 108 Å². The summed E-state index contributed by atoms with van der Waals surface area (Å²) in [5.41, 5.74) is 6.10. The monoisotopic (exact) mass is 250 g/mol. The van der Waals surface area contributed by atoms with Crippen LogP contribution in [0.1, 0.15) is 39.0 Å². The lowest BCUT2D eigenvalue weighted by Gasteiger charge is -2.29. The minimum absolute atomic E-state index is 0.209. The predicted molar refractivity (Wildman–Crippen MR) is 71.7 cm³/mol. The van der Waals surface area contributed by atoms with Gasteiger partial charge in [0.05, 0.1) is 19.0 Å². The number of nitrogens with one attached hydrogen (secondary N) is 1. The van der Waals surface area contributed by atoms with E-state index in [1.807, 2.05) is 0 Å². The number of hydrogen-bond donors (Lipinski definition) is 2. The molecule has 1 aliphatic rings. The fraction of sp³-hybridized carbons (Fsp3) is 0.692. The number of rotatable bonds is 5. The lowest BCUT2D eigenvalue weighted by atomic mass is 9.91. The van der Waals surface area contributed by atoms with Gasteiger partial charge in [0.25, 0.3) is 0 Å². The zero-order valence-corrected chi connectivity index (χ0v) is 10.9. The number of ether oxygens (including phenoxy) is 1. The van der Waals surface area contributed by atoms with Crippen LogP contribution in [0.15, 0.2) is 12.4 Å². The van der Waals surface area contributed by atoms with E-state index in [0.717, 1.165) is 25.1 Å². The lowest BCUT2D eigenvalue weighted by Crippen LogP contribution is -2.42. The van der Waals surface area contributed by atoms with Crippen LogP contribution in [-0.2, 0) is 0 Å². The Morgan fingerprint density at radius 1 is 1.39 bits per heavy atom. The molecular weight excluding hydrogens is 228 g/mol. The van der Waals surface area contributed by atoms with Crippen LogP contribution in [0.25, 0.3) is 0 Å². The van der Waals surface area contributed by atoms with Gasteiger partial charge in [0.1, 0.15) is 5.82 Å². The second kappa shape index (κ2) is 6.54. The highest BCUT2D eigenvalue weighted by Gasteiger charge is 2.21. The number of nitrogens with two attached hydrogens (primary N) is 1. The van der Waals surface area contributed by atoms with E-state index < -0.39 is 0 Å². The molecule has 2 atom stereocenters. The SMILES string of the molecule is CCCOc1cncc(NC2CCCCC2N)n1. The number of anilines is 1. The van der Waals surface area contributed by atoms with E-state index in [1.165, 1.54) is 12.8 Å². The van der Waals surface area contributed by atoms with Crippen molar-refractivity contribution in [2.24, 2.45) is 5.73 Å². The molecule has 0 amide bonds. The first-order valence-corrected chi connectivity index (χ1v) is 6.76. The third-order valence-electron chi connectivity index (χ3n) is 3.22. The summed E-state index contributed by atoms with van der Waals surface area (Å²) in [6.07, 6.45) is 8.96. The van der Waals surface area contributed by atoms with Crippen molar-refractivity contribution in [1.82, 2.24) is 9.97 Å². The first kappa shape index (κ1) is 13.1. The van der Waals surface area contributed by atoms with Crippen LogP contribution in [0.3, 0.4) is 0 Å². The molecule has 0 saturated heterocycles. The molecule has 100 valence electrons. The zero-order chi connectivity index (χ0) is 12.8. The van der Waals surface area contributed by atoms with Gasteiger partial charge in [0.15, 0.2) is 0 Å². The van der Waals surface area contributed by atoms with E-state index in [9.17, 15) is 0 Å². The Bertz CT molecular complexity index is 372. The van der Waals surface area contributed by atoms with Gasteiger partial charge in [-0.2, -0.15) is 4.98 Å². The molecule has 0 aliphatic heterocycles. The topological polar surface area (TPSA) is 73.1 Å². The van der Waals surface area contributed by atoms with Gasteiger partial charge in [0.2, 0.25) is 5.88 Å². The minimum Gasteiger partial charge on any atom is -0.477 e. The van der Waals surface area contributed by atoms with Gasteiger partial charge in [0, 0.05) is 12.1 Å². The van der Waals surface area contributed by atoms with Gasteiger partial charge in [-0.25, -0.2) is 0 Å². The molecule has 0 bridgehead atoms. The summed E-state index contributed by atoms with van der Waals surface area (Å²) in [4.78, 5) is 8.52. The third kappa shape index (κ3) is 3.57. The number of hydrogen-bond acceptors (Lipinski definition) is 5. The Morgan fingerprint density at radius 2 is 2.22 bits per heavy atom. The highest BCUT2D eigenvalue weighted by molar-refractivity contribution is 5.35. The molecular formula is C13H22N4O. The van der Waals surface area contributed by atoms with Crippen LogP contribution in [0.4, 0.5) is 5.82 Å². The van der Waals surface area contributed by atoms with E-state index in [1.54, 1.807) is 12.4 Å². The second-order valence-electron chi connectivity index (χ2n) is 4.79. The molecule has 1 heterocycles. The maximum absolute atomic E-state index is 6.10. The van der Waals surface area contributed by atoms with E-state index in [-0.39, 0.29) is 6.04 Å². The summed E-state index contributed by atoms with van der Waals surface area (Å²) in [5.74, 6) is 1.33. The maximum atomic E-state index is 6.10. The zero-order valence-electron chi connectivity index (χ0n) is 10.9. The van der Waals surface area contributed by atoms with Crippen LogP contribution in [0.2, 0.25) is 0 Å². The molecule has 2 rings (SSSR count). The lowest BCUT2D eigenvalue weighted by molar-refractivity contribution is 0.304. The van der Waals surface area contributed by atoms with Crippen molar-refractivity contribution >= 4 is 5.82 Å². The summed E-state index contributed by atoms with van der Waals surface area (Å²) in [6.45, 7) is 2.73. The summed E-state index contributed by atoms with van der Waals surface area (Å²) in [6, 6.07) is 0.509. The van der Waals surface area contributed by atoms with Gasteiger partial charge >= 0.3 is 0 Å². The molecule has 0 aromatic carbocycles. The van der Waals surface area contributed by atoms with Gasteiger partial charge < -0.3 is 15.8 Å². The molecule has 0 radical (unpaired) electrons. The quantitative estimate of drug-likeness (QED) is 0.835. The van der Waals surface area contributed by atoms with Gasteiger partial charge in [-0.3, -0.25) is 4.98 Å². The molecule has 5 nitrogen and oxygen atoms in total. The molecule has 0 spiro atoms. The second-order valence-corrected chi connectivity index (χ2v) is 4.79. The third-order valence-corrected chi connectivity index (χ3v) is 3.22. The first-order valence-electron chi connectivity index (χ1n) is 6.76. The van der Waals surface area contributed by atoms with Crippen LogP contribution in [0, 0.1) is 0 Å². The molecule has 1 saturated carbocycles. The highest BCUT2D eigenvalue weighted by Crippen LogP contribution is 2.20. The minimum atomic E-state index is 0.209. The van der Waals surface area contributed by atoms with Crippen molar-refractivity contribution in [1.29, 1.82) is 0 Å². The first-order chi connectivity index (χ1) is 8.79. The summed E-state index contributed by atoms with van der Waals surface area (Å²) in [7, 11) is 0. The Hall–Kier alpha value is -1.36. The molecule has 1 aliphatic carbocycles. The molecule has 5 heteroatoms. The van der Waals surface area contributed by atoms with Gasteiger partial charge in [-0.05, 0) is 19.3 Å². The normalized spacial score (nSPS) is 23.7. The molecule has 2 unspecified atom stereocenters.